The quantitative estimate of drug-likeness (QED) is 0.762. The highest BCUT2D eigenvalue weighted by Gasteiger charge is 2.24. The molecule has 1 aromatic heterocycles. The van der Waals surface area contributed by atoms with Crippen molar-refractivity contribution >= 4 is 5.91 Å². The number of benzene rings is 1. The number of fused-ring (bicyclic) bond motifs is 1. The van der Waals surface area contributed by atoms with E-state index in [2.05, 4.69) is 48.1 Å². The van der Waals surface area contributed by atoms with Crippen LogP contribution in [0.25, 0.3) is 0 Å². The zero-order valence-corrected chi connectivity index (χ0v) is 16.4. The third kappa shape index (κ3) is 5.06. The van der Waals surface area contributed by atoms with E-state index in [9.17, 15) is 9.59 Å². The lowest BCUT2D eigenvalue weighted by atomic mass is 10.0. The van der Waals surface area contributed by atoms with E-state index >= 15 is 0 Å². The molecule has 3 rings (SSSR count). The highest BCUT2D eigenvalue weighted by molar-refractivity contribution is 5.76. The molecule has 5 nitrogen and oxygen atoms in total. The highest BCUT2D eigenvalue weighted by Crippen LogP contribution is 2.17. The average Bonchev–Trinajstić information content (AvgIpc) is 2.67. The maximum Gasteiger partial charge on any atom is 0.256 e. The molecule has 144 valence electrons. The molecule has 0 atom stereocenters. The maximum absolute atomic E-state index is 12.6. The summed E-state index contributed by atoms with van der Waals surface area (Å²) in [5.41, 5.74) is 3.73. The fourth-order valence-corrected chi connectivity index (χ4v) is 3.53. The summed E-state index contributed by atoms with van der Waals surface area (Å²) in [5.74, 6) is 0.849. The zero-order chi connectivity index (χ0) is 19.2. The number of H-pyrrole nitrogens is 1. The number of amides is 1. The van der Waals surface area contributed by atoms with Crippen LogP contribution in [0.5, 0.6) is 0 Å². The standard InChI is InChI=1S/C22H29N3O2/c1-3-4-5-6-7-21(26)25-13-12-19-18(15-25)22(27)24-20(23-19)14-17-10-8-16(2)9-11-17/h8-11H,3-7,12-15H2,1-2H3,(H,23,24,27). The number of carbonyl (C=O) groups excluding carboxylic acids is 1. The lowest BCUT2D eigenvalue weighted by Gasteiger charge is -2.28. The predicted octanol–water partition coefficient (Wildman–Crippen LogP) is 3.52. The number of nitrogens with one attached hydrogen (secondary N) is 1. The molecule has 0 unspecified atom stereocenters. The van der Waals surface area contributed by atoms with Crippen LogP contribution < -0.4 is 5.56 Å². The van der Waals surface area contributed by atoms with Crippen molar-refractivity contribution in [1.82, 2.24) is 14.9 Å². The maximum atomic E-state index is 12.6. The molecular weight excluding hydrogens is 338 g/mol. The van der Waals surface area contributed by atoms with Crippen molar-refractivity contribution in [3.05, 3.63) is 62.8 Å². The molecule has 1 amide bonds. The normalized spacial score (nSPS) is 13.5. The summed E-state index contributed by atoms with van der Waals surface area (Å²) in [4.78, 5) is 34.4. The number of aromatic amines is 1. The van der Waals surface area contributed by atoms with Gasteiger partial charge in [0.2, 0.25) is 5.91 Å². The van der Waals surface area contributed by atoms with Crippen molar-refractivity contribution in [2.45, 2.75) is 65.3 Å². The predicted molar refractivity (Wildman–Crippen MR) is 107 cm³/mol. The fraction of sp³-hybridized carbons (Fsp3) is 0.500. The van der Waals surface area contributed by atoms with Gasteiger partial charge in [0, 0.05) is 25.8 Å². The smallest absolute Gasteiger partial charge is 0.256 e. The first-order valence-corrected chi connectivity index (χ1v) is 10.0. The summed E-state index contributed by atoms with van der Waals surface area (Å²) in [6.07, 6.45) is 6.20. The van der Waals surface area contributed by atoms with E-state index in [1.807, 2.05) is 4.90 Å². The fourth-order valence-electron chi connectivity index (χ4n) is 3.53. The molecule has 1 N–H and O–H groups in total. The Morgan fingerprint density at radius 3 is 2.70 bits per heavy atom. The van der Waals surface area contributed by atoms with E-state index in [1.54, 1.807) is 0 Å². The second-order valence-electron chi connectivity index (χ2n) is 7.48. The van der Waals surface area contributed by atoms with Crippen molar-refractivity contribution in [1.29, 1.82) is 0 Å². The van der Waals surface area contributed by atoms with Gasteiger partial charge < -0.3 is 9.88 Å². The van der Waals surface area contributed by atoms with E-state index in [1.165, 1.54) is 12.0 Å². The summed E-state index contributed by atoms with van der Waals surface area (Å²) in [6, 6.07) is 8.26. The molecule has 27 heavy (non-hydrogen) atoms. The highest BCUT2D eigenvalue weighted by atomic mass is 16.2. The number of unbranched alkanes of at least 4 members (excludes halogenated alkanes) is 3. The molecule has 0 saturated heterocycles. The SMILES string of the molecule is CCCCCCC(=O)N1CCc2nc(Cc3ccc(C)cc3)[nH]c(=O)c2C1. The van der Waals surface area contributed by atoms with Gasteiger partial charge in [-0.2, -0.15) is 0 Å². The monoisotopic (exact) mass is 367 g/mol. The Hall–Kier alpha value is -2.43. The Labute approximate surface area is 160 Å². The number of rotatable bonds is 7. The van der Waals surface area contributed by atoms with Gasteiger partial charge >= 0.3 is 0 Å². The molecule has 0 fully saturated rings. The molecule has 1 aliphatic heterocycles. The van der Waals surface area contributed by atoms with E-state index in [0.29, 0.717) is 43.7 Å². The van der Waals surface area contributed by atoms with Crippen LogP contribution in [0.3, 0.4) is 0 Å². The Balaban J connectivity index is 1.66. The Kier molecular flexibility index (Phi) is 6.43. The van der Waals surface area contributed by atoms with Crippen molar-refractivity contribution in [3.63, 3.8) is 0 Å². The lowest BCUT2D eigenvalue weighted by Crippen LogP contribution is -2.39. The second-order valence-corrected chi connectivity index (χ2v) is 7.48. The molecule has 2 aromatic rings. The van der Waals surface area contributed by atoms with Gasteiger partial charge in [-0.25, -0.2) is 4.98 Å². The summed E-state index contributed by atoms with van der Waals surface area (Å²) in [7, 11) is 0. The minimum absolute atomic E-state index is 0.106. The minimum atomic E-state index is -0.106. The van der Waals surface area contributed by atoms with Crippen LogP contribution >= 0.6 is 0 Å². The molecule has 0 radical (unpaired) electrons. The van der Waals surface area contributed by atoms with Crippen LogP contribution in [0.15, 0.2) is 29.1 Å². The Morgan fingerprint density at radius 1 is 1.19 bits per heavy atom. The van der Waals surface area contributed by atoms with Gasteiger partial charge in [0.25, 0.3) is 5.56 Å². The molecule has 1 aliphatic rings. The van der Waals surface area contributed by atoms with Crippen LogP contribution in [-0.4, -0.2) is 27.3 Å². The number of aryl methyl sites for hydroxylation is 1. The molecule has 0 bridgehead atoms. The van der Waals surface area contributed by atoms with Gasteiger partial charge in [0.15, 0.2) is 0 Å². The van der Waals surface area contributed by atoms with Gasteiger partial charge in [-0.3, -0.25) is 9.59 Å². The molecule has 5 heteroatoms. The third-order valence-electron chi connectivity index (χ3n) is 5.21. The van der Waals surface area contributed by atoms with E-state index in [0.717, 1.165) is 30.5 Å². The van der Waals surface area contributed by atoms with Crippen LogP contribution in [0.2, 0.25) is 0 Å². The summed E-state index contributed by atoms with van der Waals surface area (Å²) in [5, 5.41) is 0. The lowest BCUT2D eigenvalue weighted by molar-refractivity contribution is -0.132. The third-order valence-corrected chi connectivity index (χ3v) is 5.21. The van der Waals surface area contributed by atoms with Gasteiger partial charge in [-0.05, 0) is 18.9 Å². The first kappa shape index (κ1) is 19.3. The second kappa shape index (κ2) is 8.98. The van der Waals surface area contributed by atoms with E-state index < -0.39 is 0 Å². The van der Waals surface area contributed by atoms with E-state index in [-0.39, 0.29) is 11.5 Å². The van der Waals surface area contributed by atoms with Crippen molar-refractivity contribution < 1.29 is 4.79 Å². The molecular formula is C22H29N3O2. The van der Waals surface area contributed by atoms with Gasteiger partial charge in [0.1, 0.15) is 5.82 Å². The number of aromatic nitrogens is 2. The first-order valence-electron chi connectivity index (χ1n) is 10.0. The topological polar surface area (TPSA) is 66.1 Å². The van der Waals surface area contributed by atoms with Crippen LogP contribution in [0.4, 0.5) is 0 Å². The molecule has 1 aromatic carbocycles. The first-order chi connectivity index (χ1) is 13.1. The van der Waals surface area contributed by atoms with Gasteiger partial charge in [0.05, 0.1) is 17.8 Å². The van der Waals surface area contributed by atoms with Crippen LogP contribution in [0.1, 0.15) is 67.2 Å². The summed E-state index contributed by atoms with van der Waals surface area (Å²) in [6.45, 7) is 5.25. The summed E-state index contributed by atoms with van der Waals surface area (Å²) < 4.78 is 0. The van der Waals surface area contributed by atoms with Gasteiger partial charge in [-0.1, -0.05) is 56.0 Å². The van der Waals surface area contributed by atoms with Crippen molar-refractivity contribution in [2.75, 3.05) is 6.54 Å². The number of carbonyl (C=O) groups is 1. The summed E-state index contributed by atoms with van der Waals surface area (Å²) >= 11 is 0. The Morgan fingerprint density at radius 2 is 1.96 bits per heavy atom. The molecule has 0 aliphatic carbocycles. The van der Waals surface area contributed by atoms with E-state index in [4.69, 9.17) is 0 Å². The van der Waals surface area contributed by atoms with Crippen LogP contribution in [-0.2, 0) is 24.2 Å². The number of hydrogen-bond acceptors (Lipinski definition) is 3. The zero-order valence-electron chi connectivity index (χ0n) is 16.4. The Bertz CT molecular complexity index is 840. The number of nitrogens with zero attached hydrogens (tertiary/aromatic N) is 2. The van der Waals surface area contributed by atoms with Gasteiger partial charge in [-0.15, -0.1) is 0 Å². The molecule has 0 spiro atoms. The largest absolute Gasteiger partial charge is 0.338 e. The molecule has 0 saturated carbocycles. The number of hydrogen-bond donors (Lipinski definition) is 1. The van der Waals surface area contributed by atoms with Crippen molar-refractivity contribution in [3.8, 4) is 0 Å². The molecule has 2 heterocycles. The minimum Gasteiger partial charge on any atom is -0.338 e. The average molecular weight is 367 g/mol. The van der Waals surface area contributed by atoms with Crippen LogP contribution in [0, 0.1) is 6.92 Å². The van der Waals surface area contributed by atoms with Crippen molar-refractivity contribution in [2.24, 2.45) is 0 Å².